The Balaban J connectivity index is 0.964. The molecular formula is C37H48N2O7. The smallest absolute Gasteiger partial charge is 0.197 e. The van der Waals surface area contributed by atoms with Gasteiger partial charge in [0.05, 0.1) is 6.10 Å². The molecule has 0 spiro atoms. The number of aliphatic hydroxyl groups excluding tert-OH is 2. The highest BCUT2D eigenvalue weighted by molar-refractivity contribution is 5.49. The van der Waals surface area contributed by atoms with E-state index in [2.05, 4.69) is 53.1 Å². The van der Waals surface area contributed by atoms with Gasteiger partial charge in [0, 0.05) is 45.5 Å². The summed E-state index contributed by atoms with van der Waals surface area (Å²) in [6.45, 7) is 7.10. The number of anilines is 1. The Morgan fingerprint density at radius 3 is 2.02 bits per heavy atom. The maximum atomic E-state index is 11.0. The fraction of sp³-hybridized carbons (Fsp3) is 0.514. The molecule has 46 heavy (non-hydrogen) atoms. The molecule has 0 unspecified atom stereocenters. The summed E-state index contributed by atoms with van der Waals surface area (Å²) in [5, 5.41) is 21.9. The molecule has 0 amide bonds. The summed E-state index contributed by atoms with van der Waals surface area (Å²) in [5.74, 6) is 1.99. The number of nitrogens with zero attached hydrogens (tertiary/aromatic N) is 2. The Morgan fingerprint density at radius 2 is 1.37 bits per heavy atom. The van der Waals surface area contributed by atoms with Crippen molar-refractivity contribution in [2.45, 2.75) is 82.4 Å². The summed E-state index contributed by atoms with van der Waals surface area (Å²) in [4.78, 5) is 4.88. The molecule has 3 fully saturated rings. The summed E-state index contributed by atoms with van der Waals surface area (Å²) in [5.41, 5.74) is 3.79. The van der Waals surface area contributed by atoms with Crippen LogP contribution >= 0.6 is 0 Å². The van der Waals surface area contributed by atoms with Gasteiger partial charge in [-0.05, 0) is 86.7 Å². The van der Waals surface area contributed by atoms with E-state index in [0.29, 0.717) is 11.5 Å². The Morgan fingerprint density at radius 1 is 0.739 bits per heavy atom. The lowest BCUT2D eigenvalue weighted by Gasteiger charge is -2.41. The quantitative estimate of drug-likeness (QED) is 0.305. The van der Waals surface area contributed by atoms with Gasteiger partial charge in [-0.15, -0.1) is 0 Å². The van der Waals surface area contributed by atoms with Crippen LogP contribution in [-0.4, -0.2) is 91.8 Å². The molecule has 9 nitrogen and oxygen atoms in total. The molecule has 0 aromatic heterocycles. The van der Waals surface area contributed by atoms with Crippen LogP contribution in [0.1, 0.15) is 43.2 Å². The first-order chi connectivity index (χ1) is 22.4. The Bertz CT molecular complexity index is 1340. The van der Waals surface area contributed by atoms with E-state index in [0.717, 1.165) is 57.0 Å². The first-order valence-electron chi connectivity index (χ1n) is 16.7. The standard InChI is InChI=1S/C37H48N2O7/c1-26-8-10-27(11-9-26)24-38-20-22-39(23-21-38)28-12-14-29(15-13-28)43-25-33-34(40)35(41)36(37(42-2)46-33)45-32-18-16-31(17-19-32)44-30-6-4-3-5-7-30/h8-19,30,33-37,40-41H,3-7,20-25H2,1-2H3/t33-,34-,35+,36-,37+/m1/s1. The highest BCUT2D eigenvalue weighted by Gasteiger charge is 2.46. The normalized spacial score (nSPS) is 26.1. The molecule has 3 aromatic rings. The van der Waals surface area contributed by atoms with E-state index in [1.165, 1.54) is 37.5 Å². The molecule has 0 bridgehead atoms. The lowest BCUT2D eigenvalue weighted by Crippen LogP contribution is -2.61. The van der Waals surface area contributed by atoms with Crippen molar-refractivity contribution >= 4 is 5.69 Å². The lowest BCUT2D eigenvalue weighted by atomic mass is 9.98. The van der Waals surface area contributed by atoms with Crippen molar-refractivity contribution in [3.63, 3.8) is 0 Å². The van der Waals surface area contributed by atoms with Gasteiger partial charge in [-0.1, -0.05) is 36.2 Å². The average molecular weight is 633 g/mol. The van der Waals surface area contributed by atoms with Crippen molar-refractivity contribution in [2.24, 2.45) is 0 Å². The highest BCUT2D eigenvalue weighted by atomic mass is 16.7. The van der Waals surface area contributed by atoms with E-state index < -0.39 is 30.7 Å². The maximum absolute atomic E-state index is 11.0. The zero-order valence-electron chi connectivity index (χ0n) is 27.0. The van der Waals surface area contributed by atoms with Crippen molar-refractivity contribution in [3.8, 4) is 17.2 Å². The molecule has 9 heteroatoms. The number of rotatable bonds is 11. The fourth-order valence-electron chi connectivity index (χ4n) is 6.54. The largest absolute Gasteiger partial charge is 0.491 e. The van der Waals surface area contributed by atoms with E-state index in [9.17, 15) is 10.2 Å². The average Bonchev–Trinajstić information content (AvgIpc) is 3.09. The first kappa shape index (κ1) is 32.6. The third kappa shape index (κ3) is 8.32. The number of piperazine rings is 1. The Labute approximate surface area is 272 Å². The van der Waals surface area contributed by atoms with Gasteiger partial charge in [-0.3, -0.25) is 4.90 Å². The van der Waals surface area contributed by atoms with E-state index in [4.69, 9.17) is 23.7 Å². The monoisotopic (exact) mass is 632 g/mol. The van der Waals surface area contributed by atoms with E-state index in [1.807, 2.05) is 24.3 Å². The van der Waals surface area contributed by atoms with Crippen molar-refractivity contribution in [3.05, 3.63) is 83.9 Å². The summed E-state index contributed by atoms with van der Waals surface area (Å²) >= 11 is 0. The molecule has 2 saturated heterocycles. The van der Waals surface area contributed by atoms with Crippen LogP contribution in [0.4, 0.5) is 5.69 Å². The second kappa shape index (κ2) is 15.5. The highest BCUT2D eigenvalue weighted by Crippen LogP contribution is 2.30. The van der Waals surface area contributed by atoms with Gasteiger partial charge in [0.15, 0.2) is 12.4 Å². The van der Waals surface area contributed by atoms with Gasteiger partial charge >= 0.3 is 0 Å². The third-order valence-electron chi connectivity index (χ3n) is 9.34. The molecule has 2 aliphatic heterocycles. The minimum atomic E-state index is -1.24. The zero-order valence-corrected chi connectivity index (χ0v) is 27.0. The van der Waals surface area contributed by atoms with Gasteiger partial charge < -0.3 is 38.8 Å². The van der Waals surface area contributed by atoms with Gasteiger partial charge in [-0.25, -0.2) is 0 Å². The number of hydrogen-bond acceptors (Lipinski definition) is 9. The Kier molecular flexibility index (Phi) is 11.0. The van der Waals surface area contributed by atoms with Gasteiger partial charge in [0.25, 0.3) is 0 Å². The van der Waals surface area contributed by atoms with Crippen LogP contribution in [0.25, 0.3) is 0 Å². The minimum absolute atomic E-state index is 0.0506. The SMILES string of the molecule is CO[C@H]1O[C@H](COc2ccc(N3CCN(Cc4ccc(C)cc4)CC3)cc2)[C@@H](O)[C@H](O)[C@H]1Oc1ccc(OC2CCCCC2)cc1. The molecule has 5 atom stereocenters. The predicted octanol–water partition coefficient (Wildman–Crippen LogP) is 4.95. The lowest BCUT2D eigenvalue weighted by molar-refractivity contribution is -0.287. The third-order valence-corrected chi connectivity index (χ3v) is 9.34. The van der Waals surface area contributed by atoms with Crippen molar-refractivity contribution in [2.75, 3.05) is 44.8 Å². The molecule has 3 aliphatic rings. The van der Waals surface area contributed by atoms with Crippen LogP contribution in [0, 0.1) is 6.92 Å². The van der Waals surface area contributed by atoms with Crippen molar-refractivity contribution < 1.29 is 33.9 Å². The summed E-state index contributed by atoms with van der Waals surface area (Å²) in [6, 6.07) is 24.1. The summed E-state index contributed by atoms with van der Waals surface area (Å²) in [7, 11) is 1.49. The van der Waals surface area contributed by atoms with Gasteiger partial charge in [0.2, 0.25) is 0 Å². The number of benzene rings is 3. The van der Waals surface area contributed by atoms with E-state index in [1.54, 1.807) is 12.1 Å². The molecule has 248 valence electrons. The number of methoxy groups -OCH3 is 1. The summed E-state index contributed by atoms with van der Waals surface area (Å²) in [6.07, 6.45) is 1.05. The molecule has 0 radical (unpaired) electrons. The van der Waals surface area contributed by atoms with Gasteiger partial charge in [0.1, 0.15) is 42.2 Å². The molecule has 2 heterocycles. The molecular weight excluding hydrogens is 584 g/mol. The van der Waals surface area contributed by atoms with Crippen LogP contribution in [0.3, 0.4) is 0 Å². The number of hydrogen-bond donors (Lipinski definition) is 2. The topological polar surface area (TPSA) is 93.1 Å². The van der Waals surface area contributed by atoms with Crippen LogP contribution < -0.4 is 19.1 Å². The van der Waals surface area contributed by atoms with Crippen LogP contribution in [0.2, 0.25) is 0 Å². The number of aliphatic hydroxyl groups is 2. The molecule has 1 aliphatic carbocycles. The summed E-state index contributed by atoms with van der Waals surface area (Å²) < 4.78 is 29.7. The van der Waals surface area contributed by atoms with Crippen LogP contribution in [-0.2, 0) is 16.0 Å². The molecule has 2 N–H and O–H groups in total. The van der Waals surface area contributed by atoms with E-state index in [-0.39, 0.29) is 12.7 Å². The number of ether oxygens (including phenoxy) is 5. The molecule has 3 aromatic carbocycles. The fourth-order valence-corrected chi connectivity index (χ4v) is 6.54. The minimum Gasteiger partial charge on any atom is -0.491 e. The maximum Gasteiger partial charge on any atom is 0.197 e. The van der Waals surface area contributed by atoms with Crippen molar-refractivity contribution in [1.82, 2.24) is 4.90 Å². The first-order valence-corrected chi connectivity index (χ1v) is 16.7. The second-order valence-corrected chi connectivity index (χ2v) is 12.7. The molecule has 1 saturated carbocycles. The second-order valence-electron chi connectivity index (χ2n) is 12.7. The zero-order chi connectivity index (χ0) is 31.9. The Hall–Kier alpha value is -3.34. The van der Waals surface area contributed by atoms with Crippen LogP contribution in [0.5, 0.6) is 17.2 Å². The van der Waals surface area contributed by atoms with Crippen LogP contribution in [0.15, 0.2) is 72.8 Å². The van der Waals surface area contributed by atoms with Gasteiger partial charge in [-0.2, -0.15) is 0 Å². The number of aryl methyl sites for hydroxylation is 1. The predicted molar refractivity (Wildman–Crippen MR) is 177 cm³/mol. The molecule has 6 rings (SSSR count). The van der Waals surface area contributed by atoms with Crippen molar-refractivity contribution in [1.29, 1.82) is 0 Å². The van der Waals surface area contributed by atoms with E-state index >= 15 is 0 Å².